The van der Waals surface area contributed by atoms with Crippen LogP contribution in [0, 0.1) is 12.7 Å². The third-order valence-electron chi connectivity index (χ3n) is 1.86. The van der Waals surface area contributed by atoms with E-state index in [1.807, 2.05) is 0 Å². The van der Waals surface area contributed by atoms with Gasteiger partial charge in [0.25, 0.3) is 0 Å². The Morgan fingerprint density at radius 1 is 1.42 bits per heavy atom. The van der Waals surface area contributed by atoms with Gasteiger partial charge in [-0.3, -0.25) is 0 Å². The van der Waals surface area contributed by atoms with E-state index in [9.17, 15) is 4.39 Å². The summed E-state index contributed by atoms with van der Waals surface area (Å²) in [7, 11) is 0. The van der Waals surface area contributed by atoms with Gasteiger partial charge in [0, 0.05) is 10.9 Å². The highest BCUT2D eigenvalue weighted by atomic mass is 35.5. The Balaban J connectivity index is 2.95. The van der Waals surface area contributed by atoms with Crippen molar-refractivity contribution in [2.45, 2.75) is 6.92 Å². The van der Waals surface area contributed by atoms with Crippen molar-refractivity contribution < 1.29 is 8.81 Å². The summed E-state index contributed by atoms with van der Waals surface area (Å²) in [4.78, 5) is 0. The van der Waals surface area contributed by atoms with E-state index < -0.39 is 0 Å². The predicted molar refractivity (Wildman–Crippen MR) is 45.9 cm³/mol. The molecule has 3 heteroatoms. The summed E-state index contributed by atoms with van der Waals surface area (Å²) in [5.41, 5.74) is 1.02. The van der Waals surface area contributed by atoms with Crippen LogP contribution in [0.15, 0.2) is 22.6 Å². The van der Waals surface area contributed by atoms with Crippen LogP contribution < -0.4 is 0 Å². The second-order valence-electron chi connectivity index (χ2n) is 2.62. The van der Waals surface area contributed by atoms with Crippen molar-refractivity contribution in [3.8, 4) is 0 Å². The third-order valence-corrected chi connectivity index (χ3v) is 2.22. The number of furan rings is 1. The second kappa shape index (κ2) is 2.49. The van der Waals surface area contributed by atoms with Crippen molar-refractivity contribution >= 4 is 22.6 Å². The molecule has 0 fully saturated rings. The highest BCUT2D eigenvalue weighted by Gasteiger charge is 2.10. The van der Waals surface area contributed by atoms with E-state index in [1.165, 1.54) is 6.07 Å². The van der Waals surface area contributed by atoms with E-state index in [2.05, 4.69) is 0 Å². The number of para-hydroxylation sites is 1. The van der Waals surface area contributed by atoms with Crippen LogP contribution in [0.5, 0.6) is 0 Å². The van der Waals surface area contributed by atoms with Crippen molar-refractivity contribution in [3.63, 3.8) is 0 Å². The van der Waals surface area contributed by atoms with Crippen LogP contribution in [0.25, 0.3) is 11.0 Å². The molecule has 0 amide bonds. The highest BCUT2D eigenvalue weighted by molar-refractivity contribution is 6.30. The molecule has 0 bridgehead atoms. The fourth-order valence-corrected chi connectivity index (χ4v) is 1.36. The maximum atomic E-state index is 13.0. The van der Waals surface area contributed by atoms with Gasteiger partial charge < -0.3 is 4.42 Å². The Morgan fingerprint density at radius 2 is 2.17 bits per heavy atom. The van der Waals surface area contributed by atoms with Crippen LogP contribution in [-0.4, -0.2) is 0 Å². The minimum absolute atomic E-state index is 0.236. The molecule has 1 heterocycles. The maximum absolute atomic E-state index is 13.0. The summed E-state index contributed by atoms with van der Waals surface area (Å²) in [6.07, 6.45) is 0. The molecule has 1 aromatic heterocycles. The largest absolute Gasteiger partial charge is 0.441 e. The van der Waals surface area contributed by atoms with Crippen LogP contribution >= 0.6 is 11.6 Å². The molecule has 1 aromatic carbocycles. The third kappa shape index (κ3) is 0.916. The topological polar surface area (TPSA) is 13.1 Å². The van der Waals surface area contributed by atoms with Crippen LogP contribution in [0.2, 0.25) is 5.22 Å². The number of aryl methyl sites for hydroxylation is 1. The summed E-state index contributed by atoms with van der Waals surface area (Å²) < 4.78 is 18.0. The van der Waals surface area contributed by atoms with Gasteiger partial charge in [-0.2, -0.15) is 0 Å². The van der Waals surface area contributed by atoms with Gasteiger partial charge in [0.05, 0.1) is 0 Å². The molecule has 0 unspecified atom stereocenters. The highest BCUT2D eigenvalue weighted by Crippen LogP contribution is 2.29. The zero-order valence-corrected chi connectivity index (χ0v) is 7.15. The first-order valence-corrected chi connectivity index (χ1v) is 3.91. The molecule has 0 atom stereocenters. The van der Waals surface area contributed by atoms with Gasteiger partial charge in [0.15, 0.2) is 16.6 Å². The Kier molecular flexibility index (Phi) is 1.58. The van der Waals surface area contributed by atoms with Gasteiger partial charge in [0.2, 0.25) is 0 Å². The Hall–Kier alpha value is -1.02. The molecule has 0 N–H and O–H groups in total. The van der Waals surface area contributed by atoms with Crippen LogP contribution in [0.1, 0.15) is 5.56 Å². The van der Waals surface area contributed by atoms with E-state index in [0.29, 0.717) is 0 Å². The van der Waals surface area contributed by atoms with Crippen molar-refractivity contribution in [2.24, 2.45) is 0 Å². The minimum Gasteiger partial charge on any atom is -0.441 e. The first kappa shape index (κ1) is 7.62. The van der Waals surface area contributed by atoms with Crippen molar-refractivity contribution in [2.75, 3.05) is 0 Å². The fraction of sp³-hybridized carbons (Fsp3) is 0.111. The molecule has 0 saturated heterocycles. The molecule has 62 valence electrons. The van der Waals surface area contributed by atoms with Gasteiger partial charge in [-0.15, -0.1) is 0 Å². The lowest BCUT2D eigenvalue weighted by Crippen LogP contribution is -1.73. The van der Waals surface area contributed by atoms with Crippen molar-refractivity contribution in [3.05, 3.63) is 34.8 Å². The van der Waals surface area contributed by atoms with Crippen molar-refractivity contribution in [1.82, 2.24) is 0 Å². The molecule has 0 aliphatic carbocycles. The number of hydrogen-bond acceptors (Lipinski definition) is 1. The Morgan fingerprint density at radius 3 is 2.83 bits per heavy atom. The number of fused-ring (bicyclic) bond motifs is 1. The summed E-state index contributed by atoms with van der Waals surface area (Å²) in [6.45, 7) is 1.80. The van der Waals surface area contributed by atoms with Gasteiger partial charge in [-0.1, -0.05) is 12.1 Å². The minimum atomic E-state index is -0.373. The van der Waals surface area contributed by atoms with Crippen LogP contribution in [0.4, 0.5) is 4.39 Å². The predicted octanol–water partition coefficient (Wildman–Crippen LogP) is 3.53. The second-order valence-corrected chi connectivity index (χ2v) is 2.96. The lowest BCUT2D eigenvalue weighted by atomic mass is 10.2. The summed E-state index contributed by atoms with van der Waals surface area (Å²) >= 11 is 5.69. The average Bonchev–Trinajstić information content (AvgIpc) is 2.32. The molecular weight excluding hydrogens is 179 g/mol. The quantitative estimate of drug-likeness (QED) is 0.611. The molecule has 0 spiro atoms. The normalized spacial score (nSPS) is 10.9. The molecule has 0 aliphatic rings. The van der Waals surface area contributed by atoms with E-state index >= 15 is 0 Å². The lowest BCUT2D eigenvalue weighted by molar-refractivity contribution is 0.560. The van der Waals surface area contributed by atoms with E-state index in [-0.39, 0.29) is 16.6 Å². The van der Waals surface area contributed by atoms with Gasteiger partial charge in [-0.25, -0.2) is 4.39 Å². The summed E-state index contributed by atoms with van der Waals surface area (Å²) in [6, 6.07) is 4.77. The van der Waals surface area contributed by atoms with E-state index in [0.717, 1.165) is 10.9 Å². The SMILES string of the molecule is Cc1c(Cl)oc2c(F)cccc12. The van der Waals surface area contributed by atoms with Crippen molar-refractivity contribution in [1.29, 1.82) is 0 Å². The molecule has 12 heavy (non-hydrogen) atoms. The molecule has 0 radical (unpaired) electrons. The number of rotatable bonds is 0. The smallest absolute Gasteiger partial charge is 0.197 e. The fourth-order valence-electron chi connectivity index (χ4n) is 1.18. The number of halogens is 2. The van der Waals surface area contributed by atoms with Crippen LogP contribution in [0.3, 0.4) is 0 Å². The summed E-state index contributed by atoms with van der Waals surface area (Å²) in [5.74, 6) is -0.373. The standard InChI is InChI=1S/C9H6ClFO/c1-5-6-3-2-4-7(11)8(6)12-9(5)10/h2-4H,1H3. The first-order valence-electron chi connectivity index (χ1n) is 3.53. The zero-order chi connectivity index (χ0) is 8.72. The van der Waals surface area contributed by atoms with Gasteiger partial charge >= 0.3 is 0 Å². The maximum Gasteiger partial charge on any atom is 0.197 e. The molecule has 0 aliphatic heterocycles. The lowest BCUT2D eigenvalue weighted by Gasteiger charge is -1.88. The Labute approximate surface area is 73.7 Å². The number of hydrogen-bond donors (Lipinski definition) is 0. The number of benzene rings is 1. The molecule has 2 rings (SSSR count). The molecule has 0 saturated carbocycles. The first-order chi connectivity index (χ1) is 5.70. The summed E-state index contributed by atoms with van der Waals surface area (Å²) in [5, 5.41) is 0.995. The molecule has 1 nitrogen and oxygen atoms in total. The molecule has 2 aromatic rings. The van der Waals surface area contributed by atoms with Gasteiger partial charge in [-0.05, 0) is 24.6 Å². The molecular formula is C9H6ClFO. The van der Waals surface area contributed by atoms with E-state index in [4.69, 9.17) is 16.0 Å². The van der Waals surface area contributed by atoms with E-state index in [1.54, 1.807) is 19.1 Å². The average molecular weight is 185 g/mol. The van der Waals surface area contributed by atoms with Crippen LogP contribution in [-0.2, 0) is 0 Å². The Bertz CT molecular complexity index is 433. The monoisotopic (exact) mass is 184 g/mol. The zero-order valence-electron chi connectivity index (χ0n) is 6.40. The van der Waals surface area contributed by atoms with Gasteiger partial charge in [0.1, 0.15) is 0 Å².